The highest BCUT2D eigenvalue weighted by molar-refractivity contribution is 5.63. The molecule has 0 fully saturated rings. The second-order valence-corrected chi connectivity index (χ2v) is 4.87. The maximum Gasteiger partial charge on any atom is 0.300 e. The van der Waals surface area contributed by atoms with Gasteiger partial charge in [-0.15, -0.1) is 0 Å². The second-order valence-electron chi connectivity index (χ2n) is 4.87. The fourth-order valence-corrected chi connectivity index (χ4v) is 1.18. The summed E-state index contributed by atoms with van der Waals surface area (Å²) in [5, 5.41) is 48.9. The molecule has 0 aliphatic carbocycles. The zero-order chi connectivity index (χ0) is 20.1. The van der Waals surface area contributed by atoms with Gasteiger partial charge >= 0.3 is 0 Å². The quantitative estimate of drug-likeness (QED) is 0.363. The van der Waals surface area contributed by atoms with E-state index in [1.54, 1.807) is 6.92 Å². The van der Waals surface area contributed by atoms with Crippen LogP contribution in [0.3, 0.4) is 0 Å². The minimum absolute atomic E-state index is 0.229. The second kappa shape index (κ2) is 23.6. The van der Waals surface area contributed by atoms with Gasteiger partial charge in [0, 0.05) is 27.4 Å². The van der Waals surface area contributed by atoms with Crippen molar-refractivity contribution in [1.82, 2.24) is 0 Å². The molecule has 9 nitrogen and oxygen atoms in total. The van der Waals surface area contributed by atoms with Gasteiger partial charge in [-0.2, -0.15) is 0 Å². The van der Waals surface area contributed by atoms with Crippen LogP contribution in [0.5, 0.6) is 0 Å². The number of unbranched alkanes of at least 4 members (excludes halogenated alkanes) is 2. The van der Waals surface area contributed by atoms with E-state index in [0.29, 0.717) is 6.42 Å². The van der Waals surface area contributed by atoms with Gasteiger partial charge in [0.05, 0.1) is 12.2 Å². The minimum Gasteiger partial charge on any atom is -0.481 e. The Balaban J connectivity index is -0.000000137. The Labute approximate surface area is 142 Å². The molecule has 0 bridgehead atoms. The first kappa shape index (κ1) is 30.2. The highest BCUT2D eigenvalue weighted by atomic mass is 16.4. The van der Waals surface area contributed by atoms with Crippen LogP contribution in [-0.2, 0) is 14.4 Å². The van der Waals surface area contributed by atoms with Crippen molar-refractivity contribution >= 4 is 17.9 Å². The number of rotatable bonds is 7. The Morgan fingerprint density at radius 2 is 1.12 bits per heavy atom. The lowest BCUT2D eigenvalue weighted by Gasteiger charge is -2.11. The molecule has 0 amide bonds. The summed E-state index contributed by atoms with van der Waals surface area (Å²) in [6.07, 6.45) is 3.06. The van der Waals surface area contributed by atoms with Crippen LogP contribution in [0, 0.1) is 0 Å². The summed E-state index contributed by atoms with van der Waals surface area (Å²) in [5.74, 6) is -2.50. The summed E-state index contributed by atoms with van der Waals surface area (Å²) in [7, 11) is 0. The molecular weight excluding hydrogens is 324 g/mol. The molecule has 0 heterocycles. The molecule has 6 N–H and O–H groups in total. The fraction of sp³-hybridized carbons (Fsp3) is 0.800. The van der Waals surface area contributed by atoms with Gasteiger partial charge in [0.1, 0.15) is 0 Å². The largest absolute Gasteiger partial charge is 0.481 e. The van der Waals surface area contributed by atoms with E-state index in [9.17, 15) is 5.11 Å². The average Bonchev–Trinajstić information content (AvgIpc) is 2.31. The standard InChI is InChI=1S/C9H20O3.3C2H4O2/c1-8(11)7-9(12)5-3-2-4-6-10;3*1-2(3)4/h8-12H,2-7H2,1H3;3*1H3,(H,3,4). The topological polar surface area (TPSA) is 173 Å². The first-order valence-electron chi connectivity index (χ1n) is 7.42. The van der Waals surface area contributed by atoms with Crippen LogP contribution in [0.2, 0.25) is 0 Å². The molecule has 0 saturated carbocycles. The molecule has 9 heteroatoms. The smallest absolute Gasteiger partial charge is 0.300 e. The molecule has 0 aliphatic heterocycles. The van der Waals surface area contributed by atoms with Crippen LogP contribution >= 0.6 is 0 Å². The van der Waals surface area contributed by atoms with E-state index in [0.717, 1.165) is 46.5 Å². The Morgan fingerprint density at radius 1 is 0.792 bits per heavy atom. The van der Waals surface area contributed by atoms with Gasteiger partial charge in [0.2, 0.25) is 0 Å². The lowest BCUT2D eigenvalue weighted by Crippen LogP contribution is -2.14. The van der Waals surface area contributed by atoms with E-state index >= 15 is 0 Å². The predicted octanol–water partition coefficient (Wildman–Crippen LogP) is 0.944. The van der Waals surface area contributed by atoms with Crippen LogP contribution in [0.15, 0.2) is 0 Å². The number of carboxylic acid groups (broad SMARTS) is 3. The van der Waals surface area contributed by atoms with Gasteiger partial charge in [-0.1, -0.05) is 12.8 Å². The van der Waals surface area contributed by atoms with E-state index in [1.165, 1.54) is 0 Å². The van der Waals surface area contributed by atoms with Crippen LogP contribution < -0.4 is 0 Å². The maximum atomic E-state index is 9.30. The number of aliphatic hydroxyl groups excluding tert-OH is 3. The third-order valence-corrected chi connectivity index (χ3v) is 1.81. The van der Waals surface area contributed by atoms with Crippen LogP contribution in [-0.4, -0.2) is 67.4 Å². The van der Waals surface area contributed by atoms with Crippen molar-refractivity contribution in [3.63, 3.8) is 0 Å². The molecule has 24 heavy (non-hydrogen) atoms. The Bertz CT molecular complexity index is 263. The number of hydrogen-bond acceptors (Lipinski definition) is 6. The third kappa shape index (κ3) is 110. The summed E-state index contributed by atoms with van der Waals surface area (Å²) < 4.78 is 0. The van der Waals surface area contributed by atoms with Crippen LogP contribution in [0.1, 0.15) is 59.8 Å². The van der Waals surface area contributed by atoms with E-state index in [1.807, 2.05) is 0 Å². The number of carboxylic acids is 3. The van der Waals surface area contributed by atoms with Crippen molar-refractivity contribution in [2.75, 3.05) is 6.61 Å². The van der Waals surface area contributed by atoms with E-state index in [4.69, 9.17) is 39.9 Å². The number of aliphatic hydroxyl groups is 3. The van der Waals surface area contributed by atoms with Crippen LogP contribution in [0.4, 0.5) is 0 Å². The highest BCUT2D eigenvalue weighted by Crippen LogP contribution is 2.07. The summed E-state index contributed by atoms with van der Waals surface area (Å²) in [4.78, 5) is 27.0. The van der Waals surface area contributed by atoms with Crippen molar-refractivity contribution in [3.05, 3.63) is 0 Å². The van der Waals surface area contributed by atoms with Gasteiger partial charge in [-0.05, 0) is 26.2 Å². The molecule has 0 aliphatic rings. The zero-order valence-electron chi connectivity index (χ0n) is 14.8. The van der Waals surface area contributed by atoms with Crippen molar-refractivity contribution < 1.29 is 45.0 Å². The van der Waals surface area contributed by atoms with E-state index in [2.05, 4.69) is 0 Å². The minimum atomic E-state index is -0.833. The van der Waals surface area contributed by atoms with Gasteiger partial charge in [-0.3, -0.25) is 14.4 Å². The number of aliphatic carboxylic acids is 3. The third-order valence-electron chi connectivity index (χ3n) is 1.81. The average molecular weight is 356 g/mol. The molecule has 0 aromatic heterocycles. The molecule has 0 spiro atoms. The SMILES string of the molecule is CC(=O)O.CC(=O)O.CC(=O)O.CC(O)CC(O)CCCCCO. The molecule has 0 radical (unpaired) electrons. The van der Waals surface area contributed by atoms with Crippen molar-refractivity contribution in [2.45, 2.75) is 72.0 Å². The van der Waals surface area contributed by atoms with Crippen molar-refractivity contribution in [3.8, 4) is 0 Å². The Hall–Kier alpha value is -1.71. The predicted molar refractivity (Wildman–Crippen MR) is 87.8 cm³/mol. The van der Waals surface area contributed by atoms with Gasteiger partial charge in [-0.25, -0.2) is 0 Å². The Kier molecular flexibility index (Phi) is 29.6. The molecular formula is C15H32O9. The number of hydrogen-bond donors (Lipinski definition) is 6. The Morgan fingerprint density at radius 3 is 1.38 bits per heavy atom. The van der Waals surface area contributed by atoms with Gasteiger partial charge < -0.3 is 30.6 Å². The van der Waals surface area contributed by atoms with E-state index < -0.39 is 24.0 Å². The molecule has 0 aromatic rings. The van der Waals surface area contributed by atoms with Crippen molar-refractivity contribution in [1.29, 1.82) is 0 Å². The molecule has 0 aromatic carbocycles. The molecule has 2 atom stereocenters. The number of carbonyl (C=O) groups is 3. The zero-order valence-corrected chi connectivity index (χ0v) is 14.8. The maximum absolute atomic E-state index is 9.30. The molecule has 2 unspecified atom stereocenters. The molecule has 0 saturated heterocycles. The van der Waals surface area contributed by atoms with E-state index in [-0.39, 0.29) is 12.7 Å². The summed E-state index contributed by atoms with van der Waals surface area (Å²) >= 11 is 0. The fourth-order valence-electron chi connectivity index (χ4n) is 1.18. The lowest BCUT2D eigenvalue weighted by molar-refractivity contribution is -0.135. The summed E-state index contributed by atoms with van der Waals surface area (Å²) in [6, 6.07) is 0. The monoisotopic (exact) mass is 356 g/mol. The van der Waals surface area contributed by atoms with Gasteiger partial charge in [0.25, 0.3) is 17.9 Å². The first-order valence-corrected chi connectivity index (χ1v) is 7.42. The first-order chi connectivity index (χ1) is 10.9. The summed E-state index contributed by atoms with van der Waals surface area (Å²) in [6.45, 7) is 5.16. The molecule has 0 rings (SSSR count). The van der Waals surface area contributed by atoms with Crippen LogP contribution in [0.25, 0.3) is 0 Å². The van der Waals surface area contributed by atoms with Gasteiger partial charge in [0.15, 0.2) is 0 Å². The van der Waals surface area contributed by atoms with Crippen molar-refractivity contribution in [2.24, 2.45) is 0 Å². The normalized spacial score (nSPS) is 11.1. The summed E-state index contributed by atoms with van der Waals surface area (Å²) in [5.41, 5.74) is 0. The molecule has 146 valence electrons. The lowest BCUT2D eigenvalue weighted by atomic mass is 10.1. The highest BCUT2D eigenvalue weighted by Gasteiger charge is 2.06.